The number of rotatable bonds is 6. The van der Waals surface area contributed by atoms with E-state index in [0.29, 0.717) is 24.5 Å². The van der Waals surface area contributed by atoms with Gasteiger partial charge in [-0.05, 0) is 49.7 Å². The van der Waals surface area contributed by atoms with Crippen molar-refractivity contribution in [3.05, 3.63) is 59.2 Å². The first-order valence-corrected chi connectivity index (χ1v) is 10.3. The standard InChI is InChI=1S/C23H24F3NO4/c24-23(25,26)17-3-1-2-16(12-17)14-30-18-4-5-19-20(13-18)31-15-22(19)7-10-27(11-8-22)9-6-21(28)29/h1-5,12-13H,6-11,14-15H2,(H,28,29). The minimum atomic E-state index is -4.38. The molecular weight excluding hydrogens is 411 g/mol. The van der Waals surface area contributed by atoms with E-state index >= 15 is 0 Å². The molecule has 0 amide bonds. The summed E-state index contributed by atoms with van der Waals surface area (Å²) in [5.41, 5.74) is 0.801. The van der Waals surface area contributed by atoms with Crippen LogP contribution in [0.3, 0.4) is 0 Å². The normalized spacial score (nSPS) is 17.9. The van der Waals surface area contributed by atoms with E-state index < -0.39 is 17.7 Å². The smallest absolute Gasteiger partial charge is 0.416 e. The van der Waals surface area contributed by atoms with Crippen LogP contribution < -0.4 is 9.47 Å². The van der Waals surface area contributed by atoms with E-state index in [0.717, 1.165) is 49.4 Å². The van der Waals surface area contributed by atoms with Gasteiger partial charge in [-0.1, -0.05) is 18.2 Å². The van der Waals surface area contributed by atoms with Crippen LogP contribution in [-0.2, 0) is 23.0 Å². The van der Waals surface area contributed by atoms with Crippen molar-refractivity contribution in [2.24, 2.45) is 0 Å². The molecule has 2 aliphatic rings. The number of hydrogen-bond acceptors (Lipinski definition) is 4. The molecule has 0 aromatic heterocycles. The molecule has 1 N–H and O–H groups in total. The highest BCUT2D eigenvalue weighted by atomic mass is 19.4. The summed E-state index contributed by atoms with van der Waals surface area (Å²) in [5, 5.41) is 8.86. The zero-order chi connectivity index (χ0) is 22.1. The minimum absolute atomic E-state index is 0.0341. The maximum Gasteiger partial charge on any atom is 0.416 e. The van der Waals surface area contributed by atoms with E-state index in [-0.39, 0.29) is 18.4 Å². The number of alkyl halides is 3. The van der Waals surface area contributed by atoms with Crippen molar-refractivity contribution in [1.29, 1.82) is 0 Å². The highest BCUT2D eigenvalue weighted by Crippen LogP contribution is 2.46. The number of fused-ring (bicyclic) bond motifs is 2. The lowest BCUT2D eigenvalue weighted by molar-refractivity contribution is -0.138. The average molecular weight is 435 g/mol. The van der Waals surface area contributed by atoms with E-state index in [1.807, 2.05) is 12.1 Å². The van der Waals surface area contributed by atoms with Crippen LogP contribution in [0.25, 0.3) is 0 Å². The molecule has 0 atom stereocenters. The Bertz CT molecular complexity index is 952. The minimum Gasteiger partial charge on any atom is -0.492 e. The molecule has 0 saturated carbocycles. The lowest BCUT2D eigenvalue weighted by Gasteiger charge is -2.38. The maximum absolute atomic E-state index is 12.9. The highest BCUT2D eigenvalue weighted by Gasteiger charge is 2.43. The number of aliphatic carboxylic acids is 1. The van der Waals surface area contributed by atoms with Crippen LogP contribution in [0.1, 0.15) is 36.0 Å². The third kappa shape index (κ3) is 4.79. The lowest BCUT2D eigenvalue weighted by Crippen LogP contribution is -2.44. The Morgan fingerprint density at radius 1 is 1.16 bits per heavy atom. The molecule has 1 fully saturated rings. The molecule has 31 heavy (non-hydrogen) atoms. The number of ether oxygens (including phenoxy) is 2. The van der Waals surface area contributed by atoms with Gasteiger partial charge in [0.15, 0.2) is 0 Å². The fraction of sp³-hybridized carbons (Fsp3) is 0.435. The van der Waals surface area contributed by atoms with Crippen molar-refractivity contribution >= 4 is 5.97 Å². The van der Waals surface area contributed by atoms with Crippen molar-refractivity contribution in [2.75, 3.05) is 26.2 Å². The highest BCUT2D eigenvalue weighted by molar-refractivity contribution is 5.66. The summed E-state index contributed by atoms with van der Waals surface area (Å²) >= 11 is 0. The van der Waals surface area contributed by atoms with Gasteiger partial charge in [-0.2, -0.15) is 13.2 Å². The number of carboxylic acid groups (broad SMARTS) is 1. The van der Waals surface area contributed by atoms with Gasteiger partial charge in [0.2, 0.25) is 0 Å². The van der Waals surface area contributed by atoms with Crippen molar-refractivity contribution in [3.63, 3.8) is 0 Å². The molecule has 2 aromatic carbocycles. The van der Waals surface area contributed by atoms with Crippen molar-refractivity contribution in [3.8, 4) is 11.5 Å². The molecule has 0 bridgehead atoms. The predicted molar refractivity (Wildman–Crippen MR) is 107 cm³/mol. The second-order valence-corrected chi connectivity index (χ2v) is 8.20. The predicted octanol–water partition coefficient (Wildman–Crippen LogP) is 4.49. The van der Waals surface area contributed by atoms with Gasteiger partial charge in [0, 0.05) is 23.6 Å². The summed E-state index contributed by atoms with van der Waals surface area (Å²) in [5.74, 6) is 0.514. The number of halogens is 3. The molecule has 0 unspecified atom stereocenters. The van der Waals surface area contributed by atoms with Gasteiger partial charge in [0.25, 0.3) is 0 Å². The van der Waals surface area contributed by atoms with E-state index in [4.69, 9.17) is 14.6 Å². The Balaban J connectivity index is 1.39. The first kappa shape index (κ1) is 21.5. The molecule has 4 rings (SSSR count). The summed E-state index contributed by atoms with van der Waals surface area (Å²) in [6.07, 6.45) is -2.45. The van der Waals surface area contributed by atoms with E-state index in [2.05, 4.69) is 4.90 Å². The Labute approximate surface area is 178 Å². The molecule has 1 spiro atoms. The molecule has 1 saturated heterocycles. The largest absolute Gasteiger partial charge is 0.492 e. The molecule has 2 aliphatic heterocycles. The monoisotopic (exact) mass is 435 g/mol. The number of carbonyl (C=O) groups is 1. The zero-order valence-electron chi connectivity index (χ0n) is 17.0. The SMILES string of the molecule is O=C(O)CCN1CCC2(CC1)COc1cc(OCc3cccc(C(F)(F)F)c3)ccc12. The van der Waals surface area contributed by atoms with Crippen LogP contribution in [0.4, 0.5) is 13.2 Å². The Morgan fingerprint density at radius 2 is 1.94 bits per heavy atom. The summed E-state index contributed by atoms with van der Waals surface area (Å²) in [4.78, 5) is 13.0. The number of benzene rings is 2. The Morgan fingerprint density at radius 3 is 2.65 bits per heavy atom. The molecule has 166 valence electrons. The summed E-state index contributed by atoms with van der Waals surface area (Å²) in [7, 11) is 0. The van der Waals surface area contributed by atoms with E-state index in [9.17, 15) is 18.0 Å². The van der Waals surface area contributed by atoms with Crippen molar-refractivity contribution < 1.29 is 32.5 Å². The summed E-state index contributed by atoms with van der Waals surface area (Å²) in [6.45, 7) is 2.81. The Kier molecular flexibility index (Phi) is 5.83. The fourth-order valence-corrected chi connectivity index (χ4v) is 4.32. The zero-order valence-corrected chi connectivity index (χ0v) is 17.0. The van der Waals surface area contributed by atoms with Crippen LogP contribution in [0.2, 0.25) is 0 Å². The maximum atomic E-state index is 12.9. The first-order chi connectivity index (χ1) is 14.7. The number of carboxylic acids is 1. The van der Waals surface area contributed by atoms with E-state index in [1.165, 1.54) is 6.07 Å². The third-order valence-electron chi connectivity index (χ3n) is 6.14. The van der Waals surface area contributed by atoms with Crippen molar-refractivity contribution in [1.82, 2.24) is 4.90 Å². The quantitative estimate of drug-likeness (QED) is 0.725. The number of hydrogen-bond donors (Lipinski definition) is 1. The van der Waals surface area contributed by atoms with Gasteiger partial charge in [-0.15, -0.1) is 0 Å². The molecule has 2 aromatic rings. The van der Waals surface area contributed by atoms with Crippen LogP contribution in [-0.4, -0.2) is 42.2 Å². The topological polar surface area (TPSA) is 59.0 Å². The number of nitrogens with zero attached hydrogens (tertiary/aromatic N) is 1. The number of piperidine rings is 1. The van der Waals surface area contributed by atoms with Crippen LogP contribution in [0.5, 0.6) is 11.5 Å². The van der Waals surface area contributed by atoms with Gasteiger partial charge in [-0.25, -0.2) is 0 Å². The van der Waals surface area contributed by atoms with Gasteiger partial charge >= 0.3 is 12.1 Å². The van der Waals surface area contributed by atoms with Crippen LogP contribution in [0.15, 0.2) is 42.5 Å². The van der Waals surface area contributed by atoms with Crippen LogP contribution >= 0.6 is 0 Å². The van der Waals surface area contributed by atoms with Gasteiger partial charge in [0.1, 0.15) is 18.1 Å². The fourth-order valence-electron chi connectivity index (χ4n) is 4.32. The molecule has 2 heterocycles. The van der Waals surface area contributed by atoms with E-state index in [1.54, 1.807) is 12.1 Å². The molecular formula is C23H24F3NO4. The number of likely N-dealkylation sites (tertiary alicyclic amines) is 1. The third-order valence-corrected chi connectivity index (χ3v) is 6.14. The van der Waals surface area contributed by atoms with Gasteiger partial charge < -0.3 is 19.5 Å². The Hall–Kier alpha value is -2.74. The lowest BCUT2D eigenvalue weighted by atomic mass is 9.74. The van der Waals surface area contributed by atoms with Crippen molar-refractivity contribution in [2.45, 2.75) is 37.5 Å². The molecule has 8 heteroatoms. The van der Waals surface area contributed by atoms with Gasteiger partial charge in [-0.3, -0.25) is 4.79 Å². The average Bonchev–Trinajstić information content (AvgIpc) is 3.09. The first-order valence-electron chi connectivity index (χ1n) is 10.3. The summed E-state index contributed by atoms with van der Waals surface area (Å²) in [6, 6.07) is 10.7. The molecule has 5 nitrogen and oxygen atoms in total. The van der Waals surface area contributed by atoms with Gasteiger partial charge in [0.05, 0.1) is 18.6 Å². The van der Waals surface area contributed by atoms with Crippen LogP contribution in [0, 0.1) is 0 Å². The second-order valence-electron chi connectivity index (χ2n) is 8.20. The second kappa shape index (κ2) is 8.42. The molecule has 0 aliphatic carbocycles. The molecule has 0 radical (unpaired) electrons. The summed E-state index contributed by atoms with van der Waals surface area (Å²) < 4.78 is 50.3.